The first-order valence-corrected chi connectivity index (χ1v) is 5.01. The maximum atomic E-state index is 5.67. The first-order chi connectivity index (χ1) is 6.92. The van der Waals surface area contributed by atoms with E-state index in [9.17, 15) is 0 Å². The summed E-state index contributed by atoms with van der Waals surface area (Å²) < 4.78 is 7.41. The highest BCUT2D eigenvalue weighted by Crippen LogP contribution is 2.15. The highest BCUT2D eigenvalue weighted by Gasteiger charge is 2.16. The number of rotatable bonds is 4. The van der Waals surface area contributed by atoms with E-state index in [1.807, 2.05) is 34.0 Å². The van der Waals surface area contributed by atoms with Crippen LogP contribution in [0.1, 0.15) is 32.4 Å². The molecule has 0 saturated carbocycles. The van der Waals surface area contributed by atoms with Gasteiger partial charge in [-0.05, 0) is 20.8 Å². The number of hydrogen-bond donors (Lipinski definition) is 2. The SMILES string of the molecule is Cn1cc(C(COC(C)(C)C)NN)cn1. The van der Waals surface area contributed by atoms with Crippen LogP contribution in [0, 0.1) is 0 Å². The molecule has 1 aromatic rings. The van der Waals surface area contributed by atoms with Gasteiger partial charge in [-0.2, -0.15) is 5.10 Å². The van der Waals surface area contributed by atoms with Crippen molar-refractivity contribution in [3.63, 3.8) is 0 Å². The maximum absolute atomic E-state index is 5.67. The molecule has 0 aromatic carbocycles. The maximum Gasteiger partial charge on any atom is 0.0724 e. The normalized spacial score (nSPS) is 14.2. The molecular weight excluding hydrogens is 192 g/mol. The minimum Gasteiger partial charge on any atom is -0.374 e. The lowest BCUT2D eigenvalue weighted by molar-refractivity contribution is -0.0148. The van der Waals surface area contributed by atoms with Crippen LogP contribution in [0.15, 0.2) is 12.4 Å². The molecule has 0 bridgehead atoms. The van der Waals surface area contributed by atoms with Gasteiger partial charge in [0.05, 0.1) is 24.4 Å². The average Bonchev–Trinajstić information content (AvgIpc) is 2.51. The monoisotopic (exact) mass is 212 g/mol. The molecule has 3 N–H and O–H groups in total. The molecule has 1 heterocycles. The fourth-order valence-corrected chi connectivity index (χ4v) is 1.19. The molecule has 5 nitrogen and oxygen atoms in total. The van der Waals surface area contributed by atoms with Crippen molar-refractivity contribution in [3.8, 4) is 0 Å². The van der Waals surface area contributed by atoms with E-state index in [-0.39, 0.29) is 11.6 Å². The Labute approximate surface area is 90.6 Å². The zero-order valence-electron chi connectivity index (χ0n) is 9.82. The fraction of sp³-hybridized carbons (Fsp3) is 0.700. The lowest BCUT2D eigenvalue weighted by atomic mass is 10.1. The number of aromatic nitrogens is 2. The van der Waals surface area contributed by atoms with Gasteiger partial charge >= 0.3 is 0 Å². The van der Waals surface area contributed by atoms with Gasteiger partial charge in [0.2, 0.25) is 0 Å². The van der Waals surface area contributed by atoms with Gasteiger partial charge in [-0.15, -0.1) is 0 Å². The summed E-state index contributed by atoms with van der Waals surface area (Å²) in [5, 5.41) is 4.10. The van der Waals surface area contributed by atoms with Crippen LogP contribution >= 0.6 is 0 Å². The molecule has 0 amide bonds. The first kappa shape index (κ1) is 12.2. The number of nitrogens with one attached hydrogen (secondary N) is 1. The molecular formula is C10H20N4O. The molecule has 0 radical (unpaired) electrons. The van der Waals surface area contributed by atoms with Crippen LogP contribution in [0.5, 0.6) is 0 Å². The molecule has 1 atom stereocenters. The summed E-state index contributed by atoms with van der Waals surface area (Å²) in [5.74, 6) is 5.48. The molecule has 1 unspecified atom stereocenters. The third-order valence-electron chi connectivity index (χ3n) is 2.01. The summed E-state index contributed by atoms with van der Waals surface area (Å²) in [6, 6.07) is -0.0158. The molecule has 0 aliphatic rings. The smallest absolute Gasteiger partial charge is 0.0724 e. The Morgan fingerprint density at radius 1 is 1.60 bits per heavy atom. The minimum atomic E-state index is -0.155. The van der Waals surface area contributed by atoms with Gasteiger partial charge in [-0.1, -0.05) is 0 Å². The number of nitrogens with two attached hydrogens (primary N) is 1. The summed E-state index contributed by atoms with van der Waals surface area (Å²) >= 11 is 0. The Morgan fingerprint density at radius 2 is 2.27 bits per heavy atom. The second-order valence-corrected chi connectivity index (χ2v) is 4.59. The quantitative estimate of drug-likeness (QED) is 0.570. The second kappa shape index (κ2) is 4.74. The highest BCUT2D eigenvalue weighted by atomic mass is 16.5. The van der Waals surface area contributed by atoms with Crippen molar-refractivity contribution in [1.29, 1.82) is 0 Å². The molecule has 0 spiro atoms. The van der Waals surface area contributed by atoms with E-state index < -0.39 is 0 Å². The number of nitrogens with zero attached hydrogens (tertiary/aromatic N) is 2. The molecule has 15 heavy (non-hydrogen) atoms. The summed E-state index contributed by atoms with van der Waals surface area (Å²) in [6.07, 6.45) is 3.72. The van der Waals surface area contributed by atoms with Crippen LogP contribution in [0.2, 0.25) is 0 Å². The molecule has 1 aromatic heterocycles. The third-order valence-corrected chi connectivity index (χ3v) is 2.01. The minimum absolute atomic E-state index is 0.0158. The number of hydrogen-bond acceptors (Lipinski definition) is 4. The van der Waals surface area contributed by atoms with Gasteiger partial charge in [0.25, 0.3) is 0 Å². The largest absolute Gasteiger partial charge is 0.374 e. The Balaban J connectivity index is 2.57. The molecule has 0 saturated heterocycles. The first-order valence-electron chi connectivity index (χ1n) is 5.01. The second-order valence-electron chi connectivity index (χ2n) is 4.59. The zero-order valence-corrected chi connectivity index (χ0v) is 9.82. The average molecular weight is 212 g/mol. The van der Waals surface area contributed by atoms with Crippen LogP contribution in [0.3, 0.4) is 0 Å². The van der Waals surface area contributed by atoms with Gasteiger partial charge in [-0.25, -0.2) is 0 Å². The molecule has 5 heteroatoms. The van der Waals surface area contributed by atoms with Crippen molar-refractivity contribution in [2.75, 3.05) is 6.61 Å². The Kier molecular flexibility index (Phi) is 3.84. The Morgan fingerprint density at radius 3 is 2.67 bits per heavy atom. The molecule has 0 fully saturated rings. The molecule has 0 aliphatic carbocycles. The van der Waals surface area contributed by atoms with Gasteiger partial charge in [0.1, 0.15) is 0 Å². The predicted octanol–water partition coefficient (Wildman–Crippen LogP) is 0.740. The van der Waals surface area contributed by atoms with Crippen LogP contribution in [-0.4, -0.2) is 22.0 Å². The zero-order chi connectivity index (χ0) is 11.5. The predicted molar refractivity (Wildman–Crippen MR) is 59.0 cm³/mol. The van der Waals surface area contributed by atoms with E-state index in [4.69, 9.17) is 10.6 Å². The summed E-state index contributed by atoms with van der Waals surface area (Å²) in [7, 11) is 1.88. The van der Waals surface area contributed by atoms with Crippen molar-refractivity contribution >= 4 is 0 Å². The lowest BCUT2D eigenvalue weighted by Crippen LogP contribution is -2.34. The summed E-state index contributed by atoms with van der Waals surface area (Å²) in [4.78, 5) is 0. The Hall–Kier alpha value is -0.910. The van der Waals surface area contributed by atoms with Crippen LogP contribution in [0.25, 0.3) is 0 Å². The van der Waals surface area contributed by atoms with Gasteiger partial charge in [0.15, 0.2) is 0 Å². The number of hydrazine groups is 1. The van der Waals surface area contributed by atoms with Crippen molar-refractivity contribution in [2.24, 2.45) is 12.9 Å². The van der Waals surface area contributed by atoms with E-state index >= 15 is 0 Å². The summed E-state index contributed by atoms with van der Waals surface area (Å²) in [5.41, 5.74) is 3.60. The molecule has 0 aliphatic heterocycles. The van der Waals surface area contributed by atoms with Gasteiger partial charge < -0.3 is 4.74 Å². The van der Waals surface area contributed by atoms with Crippen molar-refractivity contribution in [2.45, 2.75) is 32.4 Å². The topological polar surface area (TPSA) is 65.1 Å². The van der Waals surface area contributed by atoms with Crippen molar-refractivity contribution in [3.05, 3.63) is 18.0 Å². The highest BCUT2D eigenvalue weighted by molar-refractivity contribution is 5.09. The van der Waals surface area contributed by atoms with Crippen LogP contribution < -0.4 is 11.3 Å². The van der Waals surface area contributed by atoms with Crippen molar-refractivity contribution < 1.29 is 4.74 Å². The van der Waals surface area contributed by atoms with E-state index in [1.165, 1.54) is 0 Å². The Bertz CT molecular complexity index is 303. The van der Waals surface area contributed by atoms with E-state index in [1.54, 1.807) is 10.9 Å². The third kappa shape index (κ3) is 3.99. The lowest BCUT2D eigenvalue weighted by Gasteiger charge is -2.23. The molecule has 86 valence electrons. The standard InChI is InChI=1S/C10H20N4O/c1-10(2,3)15-7-9(13-11)8-5-12-14(4)6-8/h5-6,9,13H,7,11H2,1-4H3. The van der Waals surface area contributed by atoms with Crippen molar-refractivity contribution in [1.82, 2.24) is 15.2 Å². The van der Waals surface area contributed by atoms with E-state index in [0.717, 1.165) is 5.56 Å². The molecule has 1 rings (SSSR count). The van der Waals surface area contributed by atoms with Gasteiger partial charge in [-0.3, -0.25) is 16.0 Å². The number of ether oxygens (including phenoxy) is 1. The number of aryl methyl sites for hydroxylation is 1. The van der Waals surface area contributed by atoms with Crippen LogP contribution in [-0.2, 0) is 11.8 Å². The van der Waals surface area contributed by atoms with E-state index in [2.05, 4.69) is 10.5 Å². The fourth-order valence-electron chi connectivity index (χ4n) is 1.19. The summed E-state index contributed by atoms with van der Waals surface area (Å²) in [6.45, 7) is 6.59. The van der Waals surface area contributed by atoms with Gasteiger partial charge in [0, 0.05) is 18.8 Å². The van der Waals surface area contributed by atoms with E-state index in [0.29, 0.717) is 6.61 Å². The van der Waals surface area contributed by atoms with Crippen LogP contribution in [0.4, 0.5) is 0 Å².